The highest BCUT2D eigenvalue weighted by Crippen LogP contribution is 2.19. The van der Waals surface area contributed by atoms with Crippen molar-refractivity contribution in [2.24, 2.45) is 0 Å². The van der Waals surface area contributed by atoms with E-state index in [1.165, 1.54) is 64.2 Å². The van der Waals surface area contributed by atoms with Gasteiger partial charge in [0.05, 0.1) is 42.3 Å². The van der Waals surface area contributed by atoms with E-state index in [2.05, 4.69) is 56.1 Å². The van der Waals surface area contributed by atoms with Crippen LogP contribution in [0.15, 0.2) is 0 Å². The number of hydrogen-bond donors (Lipinski definition) is 0. The zero-order chi connectivity index (χ0) is 18.6. The highest BCUT2D eigenvalue weighted by molar-refractivity contribution is 4.57. The van der Waals surface area contributed by atoms with E-state index < -0.39 is 0 Å². The first-order valence-electron chi connectivity index (χ1n) is 10.3. The summed E-state index contributed by atoms with van der Waals surface area (Å²) < 4.78 is 8.06. The number of hydrogen-bond acceptors (Lipinski definition) is 1. The van der Waals surface area contributed by atoms with E-state index in [4.69, 9.17) is 4.74 Å². The molecule has 0 spiro atoms. The molecular weight excluding hydrogens is 367 g/mol. The van der Waals surface area contributed by atoms with Crippen molar-refractivity contribution in [2.45, 2.75) is 90.3 Å². The Balaban J connectivity index is -0.00000264. The van der Waals surface area contributed by atoms with Crippen LogP contribution in [0.1, 0.15) is 78.1 Å². The van der Waals surface area contributed by atoms with Crippen molar-refractivity contribution in [2.75, 3.05) is 48.9 Å². The van der Waals surface area contributed by atoms with Crippen LogP contribution in [0.25, 0.3) is 0 Å². The second kappa shape index (κ2) is 16.4. The molecule has 0 aromatic heterocycles. The minimum absolute atomic E-state index is 0. The Labute approximate surface area is 177 Å². The zero-order valence-electron chi connectivity index (χ0n) is 19.0. The second-order valence-corrected chi connectivity index (χ2v) is 9.40. The van der Waals surface area contributed by atoms with Gasteiger partial charge in [-0.15, -0.1) is 0 Å². The van der Waals surface area contributed by atoms with Crippen LogP contribution in [0.5, 0.6) is 0 Å². The lowest BCUT2D eigenvalue weighted by Gasteiger charge is -2.45. The first-order chi connectivity index (χ1) is 11.1. The molecule has 0 N–H and O–H groups in total. The van der Waals surface area contributed by atoms with Crippen LogP contribution in [-0.2, 0) is 4.74 Å². The molecule has 0 aromatic carbocycles. The molecule has 0 amide bonds. The monoisotopic (exact) mass is 414 g/mol. The van der Waals surface area contributed by atoms with E-state index in [0.717, 1.165) is 15.6 Å². The number of halogens is 2. The molecule has 0 aliphatic carbocycles. The van der Waals surface area contributed by atoms with Gasteiger partial charge >= 0.3 is 0 Å². The zero-order valence-corrected chi connectivity index (χ0v) is 20.5. The summed E-state index contributed by atoms with van der Waals surface area (Å²) in [5, 5.41) is 0. The maximum atomic E-state index is 6.20. The molecule has 5 heteroatoms. The third kappa shape index (κ3) is 15.5. The molecule has 0 bridgehead atoms. The molecule has 162 valence electrons. The Morgan fingerprint density at radius 3 is 1.31 bits per heavy atom. The van der Waals surface area contributed by atoms with Gasteiger partial charge in [0.25, 0.3) is 0 Å². The first-order valence-corrected chi connectivity index (χ1v) is 10.3. The summed E-state index contributed by atoms with van der Waals surface area (Å²) in [6, 6.07) is 0. The topological polar surface area (TPSA) is 9.23 Å². The SMILES string of the molecule is CCCCCCCCCCCCOC(C)C([N+](C)(C)C)[N+](C)(C)C.[Cl-].[Cl-]. The average molecular weight is 416 g/mol. The minimum atomic E-state index is 0. The number of quaternary nitrogens is 2. The lowest BCUT2D eigenvalue weighted by molar-refractivity contribution is -1.09. The van der Waals surface area contributed by atoms with E-state index in [-0.39, 0.29) is 30.9 Å². The quantitative estimate of drug-likeness (QED) is 0.191. The van der Waals surface area contributed by atoms with Crippen molar-refractivity contribution in [3.8, 4) is 0 Å². The Morgan fingerprint density at radius 2 is 0.962 bits per heavy atom. The van der Waals surface area contributed by atoms with E-state index >= 15 is 0 Å². The van der Waals surface area contributed by atoms with E-state index in [1.807, 2.05) is 0 Å². The van der Waals surface area contributed by atoms with Crippen LogP contribution < -0.4 is 24.8 Å². The van der Waals surface area contributed by atoms with Crippen molar-refractivity contribution < 1.29 is 38.5 Å². The summed E-state index contributed by atoms with van der Waals surface area (Å²) >= 11 is 0. The fraction of sp³-hybridized carbons (Fsp3) is 1.00. The number of rotatable bonds is 15. The van der Waals surface area contributed by atoms with Crippen LogP contribution in [0.3, 0.4) is 0 Å². The molecule has 0 aromatic rings. The van der Waals surface area contributed by atoms with Crippen LogP contribution in [0, 0.1) is 0 Å². The number of ether oxygens (including phenoxy) is 1. The lowest BCUT2D eigenvalue weighted by atomic mass is 10.1. The van der Waals surface area contributed by atoms with Gasteiger partial charge in [0.2, 0.25) is 6.17 Å². The van der Waals surface area contributed by atoms with Crippen molar-refractivity contribution in [1.82, 2.24) is 0 Å². The molecule has 0 aliphatic rings. The number of unbranched alkanes of at least 4 members (excludes halogenated alkanes) is 9. The fourth-order valence-corrected chi connectivity index (χ4v) is 4.24. The van der Waals surface area contributed by atoms with Gasteiger partial charge in [-0.25, -0.2) is 0 Å². The minimum Gasteiger partial charge on any atom is -1.00 e. The first kappa shape index (κ1) is 31.2. The van der Waals surface area contributed by atoms with Gasteiger partial charge in [0.15, 0.2) is 6.10 Å². The highest BCUT2D eigenvalue weighted by Gasteiger charge is 2.41. The molecule has 0 heterocycles. The third-order valence-electron chi connectivity index (χ3n) is 4.89. The Bertz CT molecular complexity index is 287. The van der Waals surface area contributed by atoms with Gasteiger partial charge in [0, 0.05) is 6.61 Å². The van der Waals surface area contributed by atoms with Crippen molar-refractivity contribution >= 4 is 0 Å². The summed E-state index contributed by atoms with van der Waals surface area (Å²) in [5.74, 6) is 0. The van der Waals surface area contributed by atoms with E-state index in [9.17, 15) is 0 Å². The summed E-state index contributed by atoms with van der Waals surface area (Å²) in [5.41, 5.74) is 0. The molecule has 1 atom stereocenters. The Hall–Kier alpha value is 0.460. The summed E-state index contributed by atoms with van der Waals surface area (Å²) in [6.07, 6.45) is 14.5. The van der Waals surface area contributed by atoms with Gasteiger partial charge in [0.1, 0.15) is 0 Å². The van der Waals surface area contributed by atoms with Gasteiger partial charge < -0.3 is 29.6 Å². The molecule has 0 rings (SSSR count). The van der Waals surface area contributed by atoms with Crippen molar-refractivity contribution in [3.63, 3.8) is 0 Å². The fourth-order valence-electron chi connectivity index (χ4n) is 4.24. The molecule has 0 fully saturated rings. The molecule has 0 aliphatic heterocycles. The molecular formula is C21H48Cl2N2O. The third-order valence-corrected chi connectivity index (χ3v) is 4.89. The smallest absolute Gasteiger partial charge is 0.241 e. The number of nitrogens with zero attached hydrogens (tertiary/aromatic N) is 2. The van der Waals surface area contributed by atoms with Crippen LogP contribution in [0.2, 0.25) is 0 Å². The molecule has 1 unspecified atom stereocenters. The van der Waals surface area contributed by atoms with E-state index in [1.54, 1.807) is 0 Å². The summed E-state index contributed by atoms with van der Waals surface area (Å²) in [7, 11) is 13.6. The Morgan fingerprint density at radius 1 is 0.615 bits per heavy atom. The Kier molecular flexibility index (Phi) is 19.7. The van der Waals surface area contributed by atoms with Gasteiger partial charge in [-0.05, 0) is 13.3 Å². The van der Waals surface area contributed by atoms with Gasteiger partial charge in [-0.3, -0.25) is 8.97 Å². The second-order valence-electron chi connectivity index (χ2n) is 9.40. The maximum Gasteiger partial charge on any atom is 0.241 e. The van der Waals surface area contributed by atoms with Crippen LogP contribution in [0.4, 0.5) is 0 Å². The van der Waals surface area contributed by atoms with E-state index in [0.29, 0.717) is 6.17 Å². The molecule has 26 heavy (non-hydrogen) atoms. The molecule has 0 saturated carbocycles. The standard InChI is InChI=1S/C21H48N2O.2ClH/c1-9-10-11-12-13-14-15-16-17-18-19-24-20(2)21(22(3,4)5)23(6,7)8;;/h20-21H,9-19H2,1-8H3;2*1H/q+2;;/p-2. The molecule has 0 radical (unpaired) electrons. The van der Waals surface area contributed by atoms with Crippen molar-refractivity contribution in [1.29, 1.82) is 0 Å². The normalized spacial score (nSPS) is 13.3. The van der Waals surface area contributed by atoms with Crippen LogP contribution in [-0.4, -0.2) is 70.1 Å². The summed E-state index contributed by atoms with van der Waals surface area (Å²) in [6.45, 7) is 5.44. The molecule has 0 saturated heterocycles. The predicted molar refractivity (Wildman–Crippen MR) is 107 cm³/mol. The maximum absolute atomic E-state index is 6.20. The summed E-state index contributed by atoms with van der Waals surface area (Å²) in [4.78, 5) is 0. The highest BCUT2D eigenvalue weighted by atomic mass is 35.5. The largest absolute Gasteiger partial charge is 1.00 e. The van der Waals surface area contributed by atoms with Gasteiger partial charge in [-0.2, -0.15) is 0 Å². The number of likely N-dealkylation sites (N-methyl/N-ethyl adjacent to an activating group) is 2. The van der Waals surface area contributed by atoms with Crippen molar-refractivity contribution in [3.05, 3.63) is 0 Å². The van der Waals surface area contributed by atoms with Crippen LogP contribution >= 0.6 is 0 Å². The average Bonchev–Trinajstić information content (AvgIpc) is 2.41. The lowest BCUT2D eigenvalue weighted by Crippen LogP contribution is -3.00. The predicted octanol–water partition coefficient (Wildman–Crippen LogP) is -0.941. The molecule has 3 nitrogen and oxygen atoms in total. The van der Waals surface area contributed by atoms with Gasteiger partial charge in [-0.1, -0.05) is 64.7 Å².